The molecule has 1 aliphatic rings. The number of carbonyl (C=O) groups is 1. The van der Waals surface area contributed by atoms with Gasteiger partial charge < -0.3 is 5.32 Å². The molecule has 1 aromatic carbocycles. The van der Waals surface area contributed by atoms with E-state index >= 15 is 0 Å². The van der Waals surface area contributed by atoms with Crippen molar-refractivity contribution < 1.29 is 4.79 Å². The second-order valence-electron chi connectivity index (χ2n) is 5.23. The summed E-state index contributed by atoms with van der Waals surface area (Å²) in [5.41, 5.74) is 0.908. The van der Waals surface area contributed by atoms with Gasteiger partial charge in [0.15, 0.2) is 0 Å². The number of likely N-dealkylation sites (N-methyl/N-ethyl adjacent to an activating group) is 1. The monoisotopic (exact) mass is 372 g/mol. The normalized spacial score (nSPS) is 16.6. The third-order valence-electron chi connectivity index (χ3n) is 3.74. The van der Waals surface area contributed by atoms with Crippen molar-refractivity contribution in [3.05, 3.63) is 27.8 Å². The number of carbonyl (C=O) groups excluding carboxylic acids is 1. The Morgan fingerprint density at radius 1 is 1.32 bits per heavy atom. The van der Waals surface area contributed by atoms with E-state index in [1.807, 2.05) is 24.3 Å². The van der Waals surface area contributed by atoms with Crippen LogP contribution >= 0.6 is 22.6 Å². The minimum absolute atomic E-state index is 0.0807. The van der Waals surface area contributed by atoms with Crippen molar-refractivity contribution in [3.8, 4) is 0 Å². The standard InChI is InChI=1S/C15H21IN2O/c1-18(12-7-3-2-4-8-12)11-15(19)17-14-10-6-5-9-13(14)16/h5-6,9-10,12H,2-4,7-8,11H2,1H3,(H,17,19). The molecule has 0 radical (unpaired) electrons. The van der Waals surface area contributed by atoms with Gasteiger partial charge in [-0.05, 0) is 54.6 Å². The Bertz CT molecular complexity index is 430. The van der Waals surface area contributed by atoms with E-state index in [-0.39, 0.29) is 5.91 Å². The lowest BCUT2D eigenvalue weighted by atomic mass is 9.94. The molecule has 0 saturated heterocycles. The van der Waals surface area contributed by atoms with Gasteiger partial charge in [-0.15, -0.1) is 0 Å². The van der Waals surface area contributed by atoms with Gasteiger partial charge >= 0.3 is 0 Å². The molecule has 1 fully saturated rings. The molecule has 104 valence electrons. The number of halogens is 1. The van der Waals surface area contributed by atoms with Crippen molar-refractivity contribution in [2.45, 2.75) is 38.1 Å². The van der Waals surface area contributed by atoms with Crippen LogP contribution in [0.5, 0.6) is 0 Å². The number of hydrogen-bond acceptors (Lipinski definition) is 2. The molecular formula is C15H21IN2O. The first kappa shape index (κ1) is 14.8. The van der Waals surface area contributed by atoms with E-state index in [1.165, 1.54) is 32.1 Å². The smallest absolute Gasteiger partial charge is 0.238 e. The molecule has 0 bridgehead atoms. The highest BCUT2D eigenvalue weighted by molar-refractivity contribution is 14.1. The number of amides is 1. The van der Waals surface area contributed by atoms with Crippen LogP contribution in [0, 0.1) is 3.57 Å². The van der Waals surface area contributed by atoms with Gasteiger partial charge in [0.05, 0.1) is 12.2 Å². The minimum Gasteiger partial charge on any atom is -0.324 e. The van der Waals surface area contributed by atoms with E-state index in [0.29, 0.717) is 12.6 Å². The van der Waals surface area contributed by atoms with E-state index in [9.17, 15) is 4.79 Å². The van der Waals surface area contributed by atoms with Crippen LogP contribution in [-0.4, -0.2) is 30.4 Å². The fraction of sp³-hybridized carbons (Fsp3) is 0.533. The maximum atomic E-state index is 12.1. The molecule has 0 spiro atoms. The van der Waals surface area contributed by atoms with Crippen LogP contribution in [0.4, 0.5) is 5.69 Å². The largest absolute Gasteiger partial charge is 0.324 e. The molecule has 0 heterocycles. The van der Waals surface area contributed by atoms with E-state index in [0.717, 1.165) is 9.26 Å². The lowest BCUT2D eigenvalue weighted by Crippen LogP contribution is -2.39. The molecule has 1 aliphatic carbocycles. The lowest BCUT2D eigenvalue weighted by Gasteiger charge is -2.30. The summed E-state index contributed by atoms with van der Waals surface area (Å²) in [6.45, 7) is 0.482. The quantitative estimate of drug-likeness (QED) is 0.821. The minimum atomic E-state index is 0.0807. The SMILES string of the molecule is CN(CC(=O)Nc1ccccc1I)C1CCCCC1. The molecule has 2 rings (SSSR count). The molecule has 1 N–H and O–H groups in total. The zero-order chi connectivity index (χ0) is 13.7. The number of anilines is 1. The maximum Gasteiger partial charge on any atom is 0.238 e. The predicted molar refractivity (Wildman–Crippen MR) is 87.3 cm³/mol. The molecule has 19 heavy (non-hydrogen) atoms. The molecule has 4 heteroatoms. The van der Waals surface area contributed by atoms with Gasteiger partial charge in [-0.2, -0.15) is 0 Å². The van der Waals surface area contributed by atoms with E-state index in [4.69, 9.17) is 0 Å². The third-order valence-corrected chi connectivity index (χ3v) is 4.68. The molecule has 0 unspecified atom stereocenters. The topological polar surface area (TPSA) is 32.3 Å². The van der Waals surface area contributed by atoms with Crippen molar-refractivity contribution in [1.29, 1.82) is 0 Å². The summed E-state index contributed by atoms with van der Waals surface area (Å²) in [4.78, 5) is 14.3. The molecule has 0 aromatic heterocycles. The molecule has 1 amide bonds. The van der Waals surface area contributed by atoms with E-state index in [2.05, 4.69) is 39.9 Å². The Morgan fingerprint density at radius 2 is 2.00 bits per heavy atom. The zero-order valence-corrected chi connectivity index (χ0v) is 13.5. The number of hydrogen-bond donors (Lipinski definition) is 1. The second kappa shape index (κ2) is 7.24. The van der Waals surface area contributed by atoms with Gasteiger partial charge in [0.1, 0.15) is 0 Å². The Kier molecular flexibility index (Phi) is 5.63. The molecule has 1 aromatic rings. The number of rotatable bonds is 4. The highest BCUT2D eigenvalue weighted by atomic mass is 127. The van der Waals surface area contributed by atoms with Gasteiger partial charge in [-0.3, -0.25) is 9.69 Å². The summed E-state index contributed by atoms with van der Waals surface area (Å²) in [6, 6.07) is 8.45. The van der Waals surface area contributed by atoms with Gasteiger partial charge in [0.2, 0.25) is 5.91 Å². The van der Waals surface area contributed by atoms with Crippen LogP contribution in [-0.2, 0) is 4.79 Å². The Hall–Kier alpha value is -0.620. The van der Waals surface area contributed by atoms with Gasteiger partial charge in [0.25, 0.3) is 0 Å². The summed E-state index contributed by atoms with van der Waals surface area (Å²) >= 11 is 2.24. The Labute approximate surface area is 128 Å². The van der Waals surface area contributed by atoms with Gasteiger partial charge in [0, 0.05) is 9.61 Å². The average Bonchev–Trinajstić information content (AvgIpc) is 2.42. The molecular weight excluding hydrogens is 351 g/mol. The van der Waals surface area contributed by atoms with Crippen LogP contribution in [0.25, 0.3) is 0 Å². The van der Waals surface area contributed by atoms with Crippen molar-refractivity contribution in [2.24, 2.45) is 0 Å². The van der Waals surface area contributed by atoms with Gasteiger partial charge in [-0.1, -0.05) is 31.4 Å². The zero-order valence-electron chi connectivity index (χ0n) is 11.4. The first-order valence-corrected chi connectivity index (χ1v) is 7.99. The van der Waals surface area contributed by atoms with Crippen LogP contribution < -0.4 is 5.32 Å². The Balaban J connectivity index is 1.85. The molecule has 0 atom stereocenters. The highest BCUT2D eigenvalue weighted by Gasteiger charge is 2.19. The summed E-state index contributed by atoms with van der Waals surface area (Å²) in [7, 11) is 2.06. The Morgan fingerprint density at radius 3 is 2.68 bits per heavy atom. The van der Waals surface area contributed by atoms with Crippen LogP contribution in [0.2, 0.25) is 0 Å². The van der Waals surface area contributed by atoms with E-state index < -0.39 is 0 Å². The second-order valence-corrected chi connectivity index (χ2v) is 6.40. The van der Waals surface area contributed by atoms with Crippen LogP contribution in [0.15, 0.2) is 24.3 Å². The third kappa shape index (κ3) is 4.45. The van der Waals surface area contributed by atoms with Crippen LogP contribution in [0.3, 0.4) is 0 Å². The number of nitrogens with one attached hydrogen (secondary N) is 1. The van der Waals surface area contributed by atoms with Crippen molar-refractivity contribution in [1.82, 2.24) is 4.90 Å². The summed E-state index contributed by atoms with van der Waals surface area (Å²) in [5.74, 6) is 0.0807. The lowest BCUT2D eigenvalue weighted by molar-refractivity contribution is -0.117. The average molecular weight is 372 g/mol. The number of benzene rings is 1. The number of nitrogens with zero attached hydrogens (tertiary/aromatic N) is 1. The highest BCUT2D eigenvalue weighted by Crippen LogP contribution is 2.22. The fourth-order valence-electron chi connectivity index (χ4n) is 2.63. The summed E-state index contributed by atoms with van der Waals surface area (Å²) in [6.07, 6.45) is 6.40. The van der Waals surface area contributed by atoms with Crippen molar-refractivity contribution >= 4 is 34.2 Å². The fourth-order valence-corrected chi connectivity index (χ4v) is 3.15. The molecule has 3 nitrogen and oxygen atoms in total. The summed E-state index contributed by atoms with van der Waals surface area (Å²) in [5, 5.41) is 2.99. The first-order chi connectivity index (χ1) is 9.16. The van der Waals surface area contributed by atoms with Gasteiger partial charge in [-0.25, -0.2) is 0 Å². The summed E-state index contributed by atoms with van der Waals surface area (Å²) < 4.78 is 1.08. The van der Waals surface area contributed by atoms with E-state index in [1.54, 1.807) is 0 Å². The molecule has 0 aliphatic heterocycles. The predicted octanol–water partition coefficient (Wildman–Crippen LogP) is 3.49. The van der Waals surface area contributed by atoms with Crippen molar-refractivity contribution in [2.75, 3.05) is 18.9 Å². The van der Waals surface area contributed by atoms with Crippen molar-refractivity contribution in [3.63, 3.8) is 0 Å². The molecule has 1 saturated carbocycles. The van der Waals surface area contributed by atoms with Crippen LogP contribution in [0.1, 0.15) is 32.1 Å². The first-order valence-electron chi connectivity index (χ1n) is 6.91. The maximum absolute atomic E-state index is 12.1. The number of para-hydroxylation sites is 1.